The van der Waals surface area contributed by atoms with Crippen LogP contribution in [0.4, 0.5) is 9.59 Å². The molecule has 7 nitrogen and oxygen atoms in total. The Morgan fingerprint density at radius 1 is 1.15 bits per heavy atom. The van der Waals surface area contributed by atoms with E-state index in [-0.39, 0.29) is 30.9 Å². The monoisotopic (exact) mass is 362 g/mol. The first-order valence-electron chi connectivity index (χ1n) is 8.90. The number of hydrogen-bond acceptors (Lipinski definition) is 5. The highest BCUT2D eigenvalue weighted by atomic mass is 16.6. The average molecular weight is 362 g/mol. The maximum absolute atomic E-state index is 12.5. The third-order valence-electron chi connectivity index (χ3n) is 4.39. The predicted molar refractivity (Wildman–Crippen MR) is 94.7 cm³/mol. The van der Waals surface area contributed by atoms with Gasteiger partial charge in [-0.3, -0.25) is 4.90 Å². The second-order valence-electron chi connectivity index (χ2n) is 7.60. The summed E-state index contributed by atoms with van der Waals surface area (Å²) in [4.78, 5) is 28.1. The highest BCUT2D eigenvalue weighted by molar-refractivity contribution is 5.71. The van der Waals surface area contributed by atoms with Crippen LogP contribution in [-0.4, -0.2) is 66.0 Å². The van der Waals surface area contributed by atoms with E-state index in [1.807, 2.05) is 51.1 Å². The number of morpholine rings is 1. The minimum atomic E-state index is -0.556. The molecule has 2 heterocycles. The fourth-order valence-electron chi connectivity index (χ4n) is 3.19. The summed E-state index contributed by atoms with van der Waals surface area (Å²) in [6.07, 6.45) is -0.966. The van der Waals surface area contributed by atoms with E-state index in [9.17, 15) is 9.59 Å². The van der Waals surface area contributed by atoms with Crippen molar-refractivity contribution in [3.63, 3.8) is 0 Å². The molecule has 3 rings (SSSR count). The van der Waals surface area contributed by atoms with Gasteiger partial charge in [0.1, 0.15) is 12.2 Å². The summed E-state index contributed by atoms with van der Waals surface area (Å²) in [6.45, 7) is 7.42. The smallest absolute Gasteiger partial charge is 0.410 e. The van der Waals surface area contributed by atoms with Gasteiger partial charge in [-0.25, -0.2) is 9.59 Å². The molecule has 0 N–H and O–H groups in total. The molecule has 2 amide bonds. The fraction of sp³-hybridized carbons (Fsp3) is 0.579. The zero-order chi connectivity index (χ0) is 18.7. The summed E-state index contributed by atoms with van der Waals surface area (Å²) in [6, 6.07) is 9.35. The Balaban J connectivity index is 1.59. The van der Waals surface area contributed by atoms with Crippen molar-refractivity contribution in [3.05, 3.63) is 35.9 Å². The van der Waals surface area contributed by atoms with Gasteiger partial charge in [0.15, 0.2) is 0 Å². The Kier molecular flexibility index (Phi) is 5.36. The van der Waals surface area contributed by atoms with Crippen LogP contribution in [0.25, 0.3) is 0 Å². The third-order valence-corrected chi connectivity index (χ3v) is 4.39. The van der Waals surface area contributed by atoms with E-state index < -0.39 is 5.60 Å². The molecule has 1 aromatic rings. The first-order chi connectivity index (χ1) is 12.3. The van der Waals surface area contributed by atoms with Crippen LogP contribution < -0.4 is 0 Å². The molecule has 0 spiro atoms. The number of ether oxygens (including phenoxy) is 3. The quantitative estimate of drug-likeness (QED) is 0.809. The lowest BCUT2D eigenvalue weighted by molar-refractivity contribution is -0.0447. The number of carbonyl (C=O) groups is 2. The molecule has 2 fully saturated rings. The van der Waals surface area contributed by atoms with Gasteiger partial charge in [-0.15, -0.1) is 0 Å². The highest BCUT2D eigenvalue weighted by Gasteiger charge is 2.45. The molecule has 2 aliphatic rings. The summed E-state index contributed by atoms with van der Waals surface area (Å²) in [5, 5.41) is 0. The normalized spacial score (nSPS) is 22.7. The van der Waals surface area contributed by atoms with Crippen molar-refractivity contribution in [1.82, 2.24) is 9.80 Å². The number of rotatable bonds is 2. The van der Waals surface area contributed by atoms with Crippen LogP contribution in [0.5, 0.6) is 0 Å². The second-order valence-corrected chi connectivity index (χ2v) is 7.60. The largest absolute Gasteiger partial charge is 0.445 e. The molecule has 7 heteroatoms. The molecule has 0 bridgehead atoms. The predicted octanol–water partition coefficient (Wildman–Crippen LogP) is 2.64. The number of likely N-dealkylation sites (tertiary alicyclic amines) is 1. The Labute approximate surface area is 153 Å². The summed E-state index contributed by atoms with van der Waals surface area (Å²) in [7, 11) is 0. The van der Waals surface area contributed by atoms with Crippen molar-refractivity contribution in [3.8, 4) is 0 Å². The minimum Gasteiger partial charge on any atom is -0.445 e. The molecule has 0 aliphatic carbocycles. The lowest BCUT2D eigenvalue weighted by Crippen LogP contribution is -2.53. The zero-order valence-electron chi connectivity index (χ0n) is 15.5. The Hall–Kier alpha value is -2.28. The van der Waals surface area contributed by atoms with Crippen molar-refractivity contribution in [2.24, 2.45) is 0 Å². The number of benzene rings is 1. The average Bonchev–Trinajstić information content (AvgIpc) is 3.03. The van der Waals surface area contributed by atoms with Crippen molar-refractivity contribution in [2.45, 2.75) is 45.1 Å². The molecule has 2 aliphatic heterocycles. The van der Waals surface area contributed by atoms with Crippen LogP contribution in [0.1, 0.15) is 26.3 Å². The van der Waals surface area contributed by atoms with E-state index in [4.69, 9.17) is 14.2 Å². The van der Waals surface area contributed by atoms with Gasteiger partial charge in [0.25, 0.3) is 0 Å². The van der Waals surface area contributed by atoms with Gasteiger partial charge < -0.3 is 19.1 Å². The van der Waals surface area contributed by atoms with Crippen molar-refractivity contribution in [2.75, 3.05) is 26.2 Å². The number of nitrogens with zero attached hydrogens (tertiary/aromatic N) is 2. The van der Waals surface area contributed by atoms with Gasteiger partial charge in [-0.2, -0.15) is 0 Å². The minimum absolute atomic E-state index is 0.208. The molecule has 2 atom stereocenters. The Morgan fingerprint density at radius 2 is 1.88 bits per heavy atom. The van der Waals surface area contributed by atoms with E-state index in [1.54, 1.807) is 9.80 Å². The topological polar surface area (TPSA) is 68.3 Å². The first-order valence-corrected chi connectivity index (χ1v) is 8.90. The molecular formula is C19H26N2O5. The maximum Gasteiger partial charge on any atom is 0.410 e. The lowest BCUT2D eigenvalue weighted by atomic mass is 10.1. The van der Waals surface area contributed by atoms with Crippen LogP contribution >= 0.6 is 0 Å². The van der Waals surface area contributed by atoms with Crippen LogP contribution in [0.15, 0.2) is 30.3 Å². The van der Waals surface area contributed by atoms with Gasteiger partial charge in [0, 0.05) is 13.1 Å². The van der Waals surface area contributed by atoms with Crippen LogP contribution in [0.3, 0.4) is 0 Å². The highest BCUT2D eigenvalue weighted by Crippen LogP contribution is 2.25. The number of amides is 2. The van der Waals surface area contributed by atoms with Gasteiger partial charge in [0.05, 0.1) is 25.3 Å². The van der Waals surface area contributed by atoms with Crippen LogP contribution in [0.2, 0.25) is 0 Å². The molecule has 0 saturated carbocycles. The molecule has 142 valence electrons. The van der Waals surface area contributed by atoms with Crippen molar-refractivity contribution < 1.29 is 23.8 Å². The second kappa shape index (κ2) is 7.53. The van der Waals surface area contributed by atoms with Crippen molar-refractivity contribution >= 4 is 12.2 Å². The van der Waals surface area contributed by atoms with E-state index in [2.05, 4.69) is 0 Å². The van der Waals surface area contributed by atoms with Crippen LogP contribution in [-0.2, 0) is 20.8 Å². The Morgan fingerprint density at radius 3 is 2.58 bits per heavy atom. The van der Waals surface area contributed by atoms with Crippen LogP contribution in [0, 0.1) is 0 Å². The SMILES string of the molecule is CC(C)(C)OC(=O)N1C[C@H]2OCCN(C(=O)OCc3ccccc3)[C@H]2C1. The molecule has 1 aromatic carbocycles. The zero-order valence-corrected chi connectivity index (χ0v) is 15.5. The number of hydrogen-bond donors (Lipinski definition) is 0. The van der Waals surface area contributed by atoms with Crippen molar-refractivity contribution in [1.29, 1.82) is 0 Å². The first kappa shape index (κ1) is 18.5. The van der Waals surface area contributed by atoms with Gasteiger partial charge >= 0.3 is 12.2 Å². The van der Waals surface area contributed by atoms with E-state index in [1.165, 1.54) is 0 Å². The summed E-state index contributed by atoms with van der Waals surface area (Å²) in [5.74, 6) is 0. The Bertz CT molecular complexity index is 643. The third kappa shape index (κ3) is 4.46. The summed E-state index contributed by atoms with van der Waals surface area (Å²) in [5.41, 5.74) is 0.382. The van der Waals surface area contributed by atoms with E-state index in [0.717, 1.165) is 5.56 Å². The molecular weight excluding hydrogens is 336 g/mol. The lowest BCUT2D eigenvalue weighted by Gasteiger charge is -2.35. The van der Waals surface area contributed by atoms with E-state index in [0.29, 0.717) is 26.2 Å². The summed E-state index contributed by atoms with van der Waals surface area (Å²) >= 11 is 0. The van der Waals surface area contributed by atoms with Gasteiger partial charge in [-0.05, 0) is 26.3 Å². The fourth-order valence-corrected chi connectivity index (χ4v) is 3.19. The molecule has 0 unspecified atom stereocenters. The number of fused-ring (bicyclic) bond motifs is 1. The standard InChI is InChI=1S/C19H26N2O5/c1-19(2,3)26-17(22)20-11-15-16(12-20)24-10-9-21(15)18(23)25-13-14-7-5-4-6-8-14/h4-8,15-16H,9-13H2,1-3H3/t15-,16+/m0/s1. The van der Waals surface area contributed by atoms with E-state index >= 15 is 0 Å². The van der Waals surface area contributed by atoms with Gasteiger partial charge in [0.2, 0.25) is 0 Å². The molecule has 0 aromatic heterocycles. The number of carbonyl (C=O) groups excluding carboxylic acids is 2. The molecule has 0 radical (unpaired) electrons. The van der Waals surface area contributed by atoms with Gasteiger partial charge in [-0.1, -0.05) is 30.3 Å². The maximum atomic E-state index is 12.5. The molecule has 26 heavy (non-hydrogen) atoms. The summed E-state index contributed by atoms with van der Waals surface area (Å²) < 4.78 is 16.6. The molecule has 2 saturated heterocycles.